The number of carbonyl (C=O) groups excluding carboxylic acids is 1. The minimum atomic E-state index is -0.205. The maximum Gasteiger partial charge on any atom is 0.254 e. The van der Waals surface area contributed by atoms with Gasteiger partial charge >= 0.3 is 0 Å². The first-order chi connectivity index (χ1) is 16.6. The molecule has 0 spiro atoms. The molecule has 2 aliphatic heterocycles. The van der Waals surface area contributed by atoms with Gasteiger partial charge in [0.05, 0.1) is 6.54 Å². The summed E-state index contributed by atoms with van der Waals surface area (Å²) in [6.45, 7) is 9.15. The van der Waals surface area contributed by atoms with Crippen molar-refractivity contribution in [2.75, 3.05) is 20.6 Å². The first kappa shape index (κ1) is 24.1. The summed E-state index contributed by atoms with van der Waals surface area (Å²) in [6.07, 6.45) is 6.45. The van der Waals surface area contributed by atoms with E-state index >= 15 is 0 Å². The zero-order chi connectivity index (χ0) is 25.1. The van der Waals surface area contributed by atoms with Crippen LogP contribution in [0.15, 0.2) is 16.9 Å². The summed E-state index contributed by atoms with van der Waals surface area (Å²) in [4.78, 5) is 33.3. The van der Waals surface area contributed by atoms with Gasteiger partial charge in [0.2, 0.25) is 0 Å². The van der Waals surface area contributed by atoms with Gasteiger partial charge in [-0.1, -0.05) is 0 Å². The van der Waals surface area contributed by atoms with Gasteiger partial charge in [0.15, 0.2) is 0 Å². The molecule has 0 bridgehead atoms. The number of hydrogen-bond donors (Lipinski definition) is 1. The number of ether oxygens (including phenoxy) is 1. The van der Waals surface area contributed by atoms with Crippen molar-refractivity contribution in [3.05, 3.63) is 61.6 Å². The fourth-order valence-corrected chi connectivity index (χ4v) is 6.70. The Hall–Kier alpha value is -2.60. The van der Waals surface area contributed by atoms with Crippen LogP contribution in [0.3, 0.4) is 0 Å². The highest BCUT2D eigenvalue weighted by Gasteiger charge is 2.45. The molecule has 1 aliphatic carbocycles. The lowest BCUT2D eigenvalue weighted by molar-refractivity contribution is 0.0162. The van der Waals surface area contributed by atoms with Gasteiger partial charge in [0.25, 0.3) is 11.5 Å². The Morgan fingerprint density at radius 1 is 1.11 bits per heavy atom. The first-order valence-electron chi connectivity index (χ1n) is 13.1. The average Bonchev–Trinajstić information content (AvgIpc) is 3.15. The molecule has 35 heavy (non-hydrogen) atoms. The second-order valence-electron chi connectivity index (χ2n) is 11.5. The molecule has 3 aliphatic rings. The number of rotatable bonds is 4. The molecule has 1 aromatic heterocycles. The molecule has 1 aromatic carbocycles. The van der Waals surface area contributed by atoms with Crippen LogP contribution in [0.25, 0.3) is 0 Å². The highest BCUT2D eigenvalue weighted by molar-refractivity contribution is 5.99. The first-order valence-corrected chi connectivity index (χ1v) is 13.1. The summed E-state index contributed by atoms with van der Waals surface area (Å²) in [6, 6.07) is 4.77. The third-order valence-electron chi connectivity index (χ3n) is 8.91. The van der Waals surface area contributed by atoms with Gasteiger partial charge in [-0.2, -0.15) is 0 Å². The van der Waals surface area contributed by atoms with Crippen molar-refractivity contribution < 1.29 is 9.53 Å². The van der Waals surface area contributed by atoms with Crippen LogP contribution in [0.4, 0.5) is 0 Å². The summed E-state index contributed by atoms with van der Waals surface area (Å²) in [5.41, 5.74) is 6.31. The number of H-pyrrole nitrogens is 1. The molecule has 1 amide bonds. The van der Waals surface area contributed by atoms with Gasteiger partial charge in [-0.05, 0) is 109 Å². The number of aryl methyl sites for hydroxylation is 2. The highest BCUT2D eigenvalue weighted by atomic mass is 16.5. The highest BCUT2D eigenvalue weighted by Crippen LogP contribution is 2.47. The lowest BCUT2D eigenvalue weighted by atomic mass is 9.74. The predicted octanol–water partition coefficient (Wildman–Crippen LogP) is 4.31. The number of aromatic nitrogens is 1. The van der Waals surface area contributed by atoms with Crippen LogP contribution < -0.4 is 10.3 Å². The number of hydrogen-bond acceptors (Lipinski definition) is 4. The third kappa shape index (κ3) is 4.20. The van der Waals surface area contributed by atoms with E-state index in [0.29, 0.717) is 30.6 Å². The van der Waals surface area contributed by atoms with Crippen LogP contribution in [-0.4, -0.2) is 53.0 Å². The van der Waals surface area contributed by atoms with Crippen LogP contribution in [0, 0.1) is 26.7 Å². The zero-order valence-electron chi connectivity index (χ0n) is 22.1. The van der Waals surface area contributed by atoms with Crippen molar-refractivity contribution in [2.24, 2.45) is 5.92 Å². The van der Waals surface area contributed by atoms with E-state index in [1.54, 1.807) is 0 Å². The van der Waals surface area contributed by atoms with Crippen LogP contribution in [0.1, 0.15) is 76.5 Å². The van der Waals surface area contributed by atoms with E-state index in [1.807, 2.05) is 24.8 Å². The predicted molar refractivity (Wildman–Crippen MR) is 138 cm³/mol. The molecule has 1 saturated carbocycles. The molecule has 1 atom stereocenters. The molecule has 3 heterocycles. The maximum absolute atomic E-state index is 13.7. The summed E-state index contributed by atoms with van der Waals surface area (Å²) in [7, 11) is 4.36. The van der Waals surface area contributed by atoms with E-state index in [4.69, 9.17) is 4.74 Å². The molecule has 6 nitrogen and oxygen atoms in total. The van der Waals surface area contributed by atoms with Gasteiger partial charge in [-0.15, -0.1) is 0 Å². The molecular weight excluding hydrogens is 438 g/mol. The number of amides is 1. The molecule has 0 saturated heterocycles. The van der Waals surface area contributed by atoms with E-state index in [-0.39, 0.29) is 17.1 Å². The third-order valence-corrected chi connectivity index (χ3v) is 8.91. The van der Waals surface area contributed by atoms with Crippen molar-refractivity contribution in [2.45, 2.75) is 84.4 Å². The molecule has 1 N–H and O–H groups in total. The number of nitrogens with one attached hydrogen (secondary N) is 1. The van der Waals surface area contributed by atoms with E-state index < -0.39 is 0 Å². The summed E-state index contributed by atoms with van der Waals surface area (Å²) < 4.78 is 6.69. The fraction of sp³-hybridized carbons (Fsp3) is 0.586. The SMILES string of the molecule is Cc1cc(C)c(CN2CCc3cc4c(c(C)c3C2=O)CC(C)(C2CCC(N(C)C)CC2)O4)c(=O)[nH]1. The van der Waals surface area contributed by atoms with Gasteiger partial charge < -0.3 is 19.5 Å². The largest absolute Gasteiger partial charge is 0.487 e. The van der Waals surface area contributed by atoms with E-state index in [1.165, 1.54) is 31.2 Å². The average molecular weight is 478 g/mol. The van der Waals surface area contributed by atoms with Crippen molar-refractivity contribution in [3.63, 3.8) is 0 Å². The van der Waals surface area contributed by atoms with Gasteiger partial charge in [-0.25, -0.2) is 0 Å². The number of aromatic amines is 1. The second-order valence-corrected chi connectivity index (χ2v) is 11.5. The summed E-state index contributed by atoms with van der Waals surface area (Å²) in [5.74, 6) is 1.54. The smallest absolute Gasteiger partial charge is 0.254 e. The fourth-order valence-electron chi connectivity index (χ4n) is 6.70. The van der Waals surface area contributed by atoms with Crippen molar-refractivity contribution in [1.82, 2.24) is 14.8 Å². The monoisotopic (exact) mass is 477 g/mol. The lowest BCUT2D eigenvalue weighted by Crippen LogP contribution is -2.44. The topological polar surface area (TPSA) is 65.6 Å². The van der Waals surface area contributed by atoms with Crippen molar-refractivity contribution >= 4 is 5.91 Å². The number of nitrogens with zero attached hydrogens (tertiary/aromatic N) is 2. The molecule has 1 unspecified atom stereocenters. The van der Waals surface area contributed by atoms with E-state index in [2.05, 4.69) is 43.9 Å². The van der Waals surface area contributed by atoms with E-state index in [0.717, 1.165) is 46.5 Å². The molecule has 0 radical (unpaired) electrons. The second kappa shape index (κ2) is 8.81. The Morgan fingerprint density at radius 3 is 2.49 bits per heavy atom. The molecular formula is C29H39N3O3. The minimum absolute atomic E-state index is 0.0334. The normalized spacial score (nSPS) is 26.0. The summed E-state index contributed by atoms with van der Waals surface area (Å²) in [5, 5.41) is 0. The molecule has 2 aromatic rings. The standard InChI is InChI=1S/C29H39N3O3/c1-17-13-18(2)30-27(33)24(17)16-32-12-11-20-14-25-23(19(3)26(20)28(32)34)15-29(4,35-25)21-7-9-22(10-8-21)31(5)6/h13-14,21-22H,7-12,15-16H2,1-6H3,(H,30,33). The Balaban J connectivity index is 1.38. The van der Waals surface area contributed by atoms with Gasteiger partial charge in [-0.3, -0.25) is 9.59 Å². The molecule has 1 fully saturated rings. The Morgan fingerprint density at radius 2 is 1.83 bits per heavy atom. The quantitative estimate of drug-likeness (QED) is 0.713. The van der Waals surface area contributed by atoms with Crippen LogP contribution in [0.5, 0.6) is 5.75 Å². The Labute approximate surface area is 208 Å². The van der Waals surface area contributed by atoms with E-state index in [9.17, 15) is 9.59 Å². The van der Waals surface area contributed by atoms with Crippen molar-refractivity contribution in [1.29, 1.82) is 0 Å². The van der Waals surface area contributed by atoms with Crippen LogP contribution in [-0.2, 0) is 19.4 Å². The molecule has 6 heteroatoms. The van der Waals surface area contributed by atoms with Crippen LogP contribution in [0.2, 0.25) is 0 Å². The van der Waals surface area contributed by atoms with Gasteiger partial charge in [0.1, 0.15) is 11.4 Å². The molecule has 188 valence electrons. The lowest BCUT2D eigenvalue weighted by Gasteiger charge is -2.40. The summed E-state index contributed by atoms with van der Waals surface area (Å²) >= 11 is 0. The number of benzene rings is 1. The van der Waals surface area contributed by atoms with Gasteiger partial charge in [0, 0.05) is 41.4 Å². The van der Waals surface area contributed by atoms with Crippen molar-refractivity contribution in [3.8, 4) is 5.75 Å². The number of carbonyl (C=O) groups is 1. The maximum atomic E-state index is 13.7. The zero-order valence-corrected chi connectivity index (χ0v) is 22.1. The molecule has 5 rings (SSSR count). The van der Waals surface area contributed by atoms with Crippen LogP contribution >= 0.6 is 0 Å². The number of fused-ring (bicyclic) bond motifs is 2. The Kier molecular flexibility index (Phi) is 6.07. The minimum Gasteiger partial charge on any atom is -0.487 e. The Bertz CT molecular complexity index is 1220. The number of pyridine rings is 1.